The number of amides is 5. The molecule has 2 aromatic rings. The molecule has 1 aromatic heterocycles. The first-order chi connectivity index (χ1) is 20.7. The number of cyclic esters (lactones) is 1. The van der Waals surface area contributed by atoms with Crippen molar-refractivity contribution in [3.63, 3.8) is 0 Å². The number of nitrogens with zero attached hydrogens (tertiary/aromatic N) is 4. The van der Waals surface area contributed by atoms with E-state index in [1.165, 1.54) is 4.90 Å². The van der Waals surface area contributed by atoms with Crippen LogP contribution in [0.5, 0.6) is 0 Å². The van der Waals surface area contributed by atoms with E-state index in [1.807, 2.05) is 4.90 Å². The number of primary amides is 1. The molecule has 2 atom stereocenters. The van der Waals surface area contributed by atoms with Gasteiger partial charge in [0, 0.05) is 24.3 Å². The van der Waals surface area contributed by atoms with Crippen LogP contribution in [0.1, 0.15) is 41.8 Å². The summed E-state index contributed by atoms with van der Waals surface area (Å²) < 4.78 is 11.2. The van der Waals surface area contributed by atoms with E-state index in [9.17, 15) is 24.0 Å². The lowest BCUT2D eigenvalue weighted by atomic mass is 10.1. The summed E-state index contributed by atoms with van der Waals surface area (Å²) in [6.45, 7) is 2.40. The molecule has 3 fully saturated rings. The van der Waals surface area contributed by atoms with Gasteiger partial charge in [-0.05, 0) is 75.2 Å². The largest absolute Gasteiger partial charge is 0.442 e. The van der Waals surface area contributed by atoms with Gasteiger partial charge in [0.25, 0.3) is 11.8 Å². The van der Waals surface area contributed by atoms with Crippen LogP contribution in [0.4, 0.5) is 16.2 Å². The van der Waals surface area contributed by atoms with E-state index in [2.05, 4.69) is 0 Å². The molecule has 0 saturated carbocycles. The third kappa shape index (κ3) is 7.35. The first-order valence-electron chi connectivity index (χ1n) is 14.3. The van der Waals surface area contributed by atoms with Gasteiger partial charge in [-0.2, -0.15) is 0 Å². The Labute approximate surface area is 258 Å². The second-order valence-corrected chi connectivity index (χ2v) is 12.4. The maximum Gasteiger partial charge on any atom is 0.414 e. The van der Waals surface area contributed by atoms with Crippen LogP contribution in [0.3, 0.4) is 0 Å². The number of nitrogens with two attached hydrogens (primary N) is 1. The molecule has 5 amide bonds. The fraction of sp³-hybridized carbons (Fsp3) is 0.483. The van der Waals surface area contributed by atoms with Crippen molar-refractivity contribution in [1.82, 2.24) is 9.80 Å². The van der Waals surface area contributed by atoms with Gasteiger partial charge in [0.1, 0.15) is 12.7 Å². The zero-order valence-corrected chi connectivity index (χ0v) is 25.2. The SMILES string of the molecule is NC(=O)[C@@H]1CCCN1CCCCC(=O)N(C[C@H]1CN(c2ccc(N3CCOCC3=O)cc2)C(=O)O1)C(=O)c1ccc(Cl)s1. The highest BCUT2D eigenvalue weighted by Crippen LogP contribution is 2.28. The number of benzene rings is 1. The van der Waals surface area contributed by atoms with Crippen molar-refractivity contribution >= 4 is 64.0 Å². The zero-order chi connectivity index (χ0) is 30.5. The van der Waals surface area contributed by atoms with Crippen LogP contribution >= 0.6 is 22.9 Å². The highest BCUT2D eigenvalue weighted by molar-refractivity contribution is 7.18. The van der Waals surface area contributed by atoms with Crippen LogP contribution in [0.15, 0.2) is 36.4 Å². The number of ether oxygens (including phenoxy) is 2. The lowest BCUT2D eigenvalue weighted by molar-refractivity contribution is -0.130. The van der Waals surface area contributed by atoms with E-state index in [0.717, 1.165) is 35.6 Å². The Hall–Kier alpha value is -3.52. The minimum Gasteiger partial charge on any atom is -0.442 e. The quantitative estimate of drug-likeness (QED) is 0.373. The number of hydrogen-bond donors (Lipinski definition) is 1. The number of rotatable bonds is 11. The van der Waals surface area contributed by atoms with Crippen LogP contribution in [0.25, 0.3) is 0 Å². The summed E-state index contributed by atoms with van der Waals surface area (Å²) in [6, 6.07) is 9.87. The van der Waals surface area contributed by atoms with Gasteiger partial charge in [-0.15, -0.1) is 11.3 Å². The fourth-order valence-corrected chi connectivity index (χ4v) is 6.63. The fourth-order valence-electron chi connectivity index (χ4n) is 5.64. The van der Waals surface area contributed by atoms with E-state index in [-0.39, 0.29) is 49.9 Å². The van der Waals surface area contributed by atoms with Gasteiger partial charge in [0.15, 0.2) is 0 Å². The number of carbonyl (C=O) groups is 5. The molecule has 12 nitrogen and oxygen atoms in total. The number of halogens is 1. The second-order valence-electron chi connectivity index (χ2n) is 10.7. The lowest BCUT2D eigenvalue weighted by Crippen LogP contribution is -2.43. The van der Waals surface area contributed by atoms with E-state index >= 15 is 0 Å². The molecule has 43 heavy (non-hydrogen) atoms. The average Bonchev–Trinajstić information content (AvgIpc) is 3.74. The van der Waals surface area contributed by atoms with E-state index in [1.54, 1.807) is 41.3 Å². The summed E-state index contributed by atoms with van der Waals surface area (Å²) >= 11 is 7.13. The predicted octanol–water partition coefficient (Wildman–Crippen LogP) is 2.88. The smallest absolute Gasteiger partial charge is 0.414 e. The molecule has 0 bridgehead atoms. The molecule has 5 rings (SSSR count). The van der Waals surface area contributed by atoms with Crippen molar-refractivity contribution in [3.05, 3.63) is 45.6 Å². The van der Waals surface area contributed by atoms with Crippen molar-refractivity contribution in [2.45, 2.75) is 44.2 Å². The number of unbranched alkanes of at least 4 members (excludes halogenated alkanes) is 1. The van der Waals surface area contributed by atoms with Gasteiger partial charge in [-0.3, -0.25) is 33.9 Å². The summed E-state index contributed by atoms with van der Waals surface area (Å²) in [5.74, 6) is -1.34. The number of likely N-dealkylation sites (tertiary alicyclic amines) is 1. The van der Waals surface area contributed by atoms with Crippen LogP contribution in [0, 0.1) is 0 Å². The first kappa shape index (κ1) is 30.9. The molecule has 0 spiro atoms. The molecule has 0 unspecified atom stereocenters. The van der Waals surface area contributed by atoms with Crippen LogP contribution in [-0.4, -0.2) is 97.6 Å². The molecule has 0 aliphatic carbocycles. The summed E-state index contributed by atoms with van der Waals surface area (Å²) in [5, 5.41) is 0. The molecular formula is C29H34ClN5O7S. The Morgan fingerprint density at radius 1 is 1.02 bits per heavy atom. The minimum atomic E-state index is -0.739. The summed E-state index contributed by atoms with van der Waals surface area (Å²) in [5.41, 5.74) is 6.78. The summed E-state index contributed by atoms with van der Waals surface area (Å²) in [4.78, 5) is 70.0. The Bertz CT molecular complexity index is 1370. The molecule has 230 valence electrons. The van der Waals surface area contributed by atoms with Crippen LogP contribution in [-0.2, 0) is 23.9 Å². The molecular weight excluding hydrogens is 598 g/mol. The Morgan fingerprint density at radius 2 is 1.77 bits per heavy atom. The van der Waals surface area contributed by atoms with Crippen molar-refractivity contribution in [3.8, 4) is 0 Å². The standard InChI is InChI=1S/C29H34ClN5O7S/c30-24-11-10-23(43-24)28(39)35(25(36)5-1-2-12-32-13-3-4-22(32)27(31)38)17-21-16-34(29(40)42-21)20-8-6-19(7-9-20)33-14-15-41-18-26(33)37/h6-11,21-22H,1-5,12-18H2,(H2,31,38)/t21-,22+/m1/s1. The molecule has 3 aliphatic heterocycles. The van der Waals surface area contributed by atoms with Crippen LogP contribution < -0.4 is 15.5 Å². The van der Waals surface area contributed by atoms with Gasteiger partial charge in [0.2, 0.25) is 11.8 Å². The summed E-state index contributed by atoms with van der Waals surface area (Å²) in [7, 11) is 0. The maximum absolute atomic E-state index is 13.4. The average molecular weight is 632 g/mol. The third-order valence-corrected chi connectivity index (χ3v) is 9.05. The van der Waals surface area contributed by atoms with Crippen molar-refractivity contribution in [1.29, 1.82) is 0 Å². The molecule has 2 N–H and O–H groups in total. The number of hydrogen-bond acceptors (Lipinski definition) is 9. The summed E-state index contributed by atoms with van der Waals surface area (Å²) in [6.07, 6.45) is 1.63. The molecule has 3 aliphatic rings. The van der Waals surface area contributed by atoms with E-state index in [0.29, 0.717) is 53.1 Å². The molecule has 1 aromatic carbocycles. The Balaban J connectivity index is 1.21. The lowest BCUT2D eigenvalue weighted by Gasteiger charge is -2.27. The van der Waals surface area contributed by atoms with Gasteiger partial charge < -0.3 is 20.1 Å². The number of thiophene rings is 1. The van der Waals surface area contributed by atoms with Gasteiger partial charge in [-0.25, -0.2) is 4.79 Å². The zero-order valence-electron chi connectivity index (χ0n) is 23.6. The molecule has 14 heteroatoms. The van der Waals surface area contributed by atoms with Crippen molar-refractivity contribution < 1.29 is 33.4 Å². The third-order valence-electron chi connectivity index (χ3n) is 7.83. The first-order valence-corrected chi connectivity index (χ1v) is 15.5. The number of carbonyl (C=O) groups excluding carboxylic acids is 5. The Kier molecular flexibility index (Phi) is 9.96. The predicted molar refractivity (Wildman–Crippen MR) is 160 cm³/mol. The number of imide groups is 1. The van der Waals surface area contributed by atoms with Crippen molar-refractivity contribution in [2.24, 2.45) is 5.73 Å². The monoisotopic (exact) mass is 631 g/mol. The van der Waals surface area contributed by atoms with Crippen LogP contribution in [0.2, 0.25) is 4.34 Å². The topological polar surface area (TPSA) is 143 Å². The second kappa shape index (κ2) is 13.8. The normalized spacial score (nSPS) is 20.9. The van der Waals surface area contributed by atoms with E-state index < -0.39 is 18.1 Å². The minimum absolute atomic E-state index is 0.0295. The van der Waals surface area contributed by atoms with Gasteiger partial charge in [-0.1, -0.05) is 11.6 Å². The van der Waals surface area contributed by atoms with Crippen molar-refractivity contribution in [2.75, 3.05) is 55.7 Å². The molecule has 3 saturated heterocycles. The number of morpholine rings is 1. The highest BCUT2D eigenvalue weighted by atomic mass is 35.5. The van der Waals surface area contributed by atoms with E-state index in [4.69, 9.17) is 26.8 Å². The van der Waals surface area contributed by atoms with Gasteiger partial charge >= 0.3 is 6.09 Å². The molecule has 0 radical (unpaired) electrons. The highest BCUT2D eigenvalue weighted by Gasteiger charge is 2.37. The molecule has 4 heterocycles. The Morgan fingerprint density at radius 3 is 2.44 bits per heavy atom. The number of anilines is 2. The maximum atomic E-state index is 13.4. The van der Waals surface area contributed by atoms with Gasteiger partial charge in [0.05, 0.1) is 35.0 Å².